The van der Waals surface area contributed by atoms with Gasteiger partial charge in [0.15, 0.2) is 0 Å². The normalized spacial score (nSPS) is 12.8. The third-order valence-electron chi connectivity index (χ3n) is 8.28. The molecule has 0 atom stereocenters. The van der Waals surface area contributed by atoms with E-state index in [0.29, 0.717) is 7.48 Å². The van der Waals surface area contributed by atoms with Crippen LogP contribution in [0.1, 0.15) is 27.7 Å². The summed E-state index contributed by atoms with van der Waals surface area (Å²) in [6, 6.07) is 31.7. The first-order chi connectivity index (χ1) is 18.7. The first-order valence-corrected chi connectivity index (χ1v) is 13.3. The molecule has 0 aliphatic rings. The molecule has 0 unspecified atom stereocenters. The molecule has 5 aromatic carbocycles. The SMILES string of the molecule is CC(C)(O)C(C)(C)OBc1ccc2c(c1)oc1cc(-c3ccc4oc5cc6ccccc6cc5c4c3)ccc12. The van der Waals surface area contributed by atoms with E-state index in [1.165, 1.54) is 10.8 Å². The van der Waals surface area contributed by atoms with Gasteiger partial charge in [-0.2, -0.15) is 0 Å². The number of rotatable bonds is 5. The highest BCUT2D eigenvalue weighted by atomic mass is 16.5. The molecular formula is C34H29BO4. The Morgan fingerprint density at radius 3 is 1.95 bits per heavy atom. The van der Waals surface area contributed by atoms with E-state index in [2.05, 4.69) is 84.9 Å². The van der Waals surface area contributed by atoms with Gasteiger partial charge in [0.25, 0.3) is 0 Å². The predicted octanol–water partition coefficient (Wildman–Crippen LogP) is 7.85. The van der Waals surface area contributed by atoms with Gasteiger partial charge in [-0.25, -0.2) is 0 Å². The van der Waals surface area contributed by atoms with Crippen LogP contribution in [0.3, 0.4) is 0 Å². The van der Waals surface area contributed by atoms with E-state index in [9.17, 15) is 5.11 Å². The zero-order chi connectivity index (χ0) is 26.9. The van der Waals surface area contributed by atoms with Crippen molar-refractivity contribution in [3.8, 4) is 11.1 Å². The minimum absolute atomic E-state index is 0.392. The van der Waals surface area contributed by atoms with Crippen molar-refractivity contribution in [2.75, 3.05) is 0 Å². The van der Waals surface area contributed by atoms with Crippen molar-refractivity contribution < 1.29 is 18.6 Å². The van der Waals surface area contributed by atoms with Gasteiger partial charge in [0.1, 0.15) is 22.3 Å². The van der Waals surface area contributed by atoms with E-state index in [1.807, 2.05) is 19.9 Å². The smallest absolute Gasteiger partial charge is 0.309 e. The molecule has 0 aliphatic heterocycles. The molecule has 0 spiro atoms. The lowest BCUT2D eigenvalue weighted by Gasteiger charge is -2.37. The Morgan fingerprint density at radius 1 is 0.590 bits per heavy atom. The van der Waals surface area contributed by atoms with Gasteiger partial charge in [-0.15, -0.1) is 0 Å². The van der Waals surface area contributed by atoms with Crippen LogP contribution in [0.2, 0.25) is 0 Å². The van der Waals surface area contributed by atoms with Crippen molar-refractivity contribution in [2.45, 2.75) is 38.9 Å². The molecule has 7 rings (SSSR count). The summed E-state index contributed by atoms with van der Waals surface area (Å²) < 4.78 is 18.6. The van der Waals surface area contributed by atoms with E-state index < -0.39 is 11.2 Å². The number of hydrogen-bond acceptors (Lipinski definition) is 4. The Hall–Kier alpha value is -4.06. The van der Waals surface area contributed by atoms with Crippen LogP contribution in [0.5, 0.6) is 0 Å². The largest absolute Gasteiger partial charge is 0.456 e. The standard InChI is InChI=1S/C34H29BO4/c1-33(2,36)34(3,4)39-35-24-11-13-26-25-12-9-23(18-30(25)38-32(26)19-24)22-10-14-29-27(16-22)28-15-20-7-5-6-8-21(20)17-31(28)37-29/h5-19,35-36H,1-4H3. The summed E-state index contributed by atoms with van der Waals surface area (Å²) in [5.41, 5.74) is 5.04. The maximum atomic E-state index is 10.4. The van der Waals surface area contributed by atoms with Crippen molar-refractivity contribution in [1.29, 1.82) is 0 Å². The summed E-state index contributed by atoms with van der Waals surface area (Å²) >= 11 is 0. The summed E-state index contributed by atoms with van der Waals surface area (Å²) in [5, 5.41) is 17.2. The number of benzene rings is 5. The monoisotopic (exact) mass is 512 g/mol. The van der Waals surface area contributed by atoms with Gasteiger partial charge in [-0.1, -0.05) is 48.5 Å². The molecule has 0 saturated heterocycles. The molecule has 39 heavy (non-hydrogen) atoms. The Kier molecular flexibility index (Phi) is 5.22. The molecule has 5 heteroatoms. The Morgan fingerprint density at radius 2 is 1.18 bits per heavy atom. The van der Waals surface area contributed by atoms with Crippen LogP contribution in [0.15, 0.2) is 99.8 Å². The molecule has 0 amide bonds. The van der Waals surface area contributed by atoms with Gasteiger partial charge in [0.05, 0.1) is 11.2 Å². The molecule has 7 aromatic rings. The van der Waals surface area contributed by atoms with Gasteiger partial charge in [0.2, 0.25) is 0 Å². The van der Waals surface area contributed by atoms with Gasteiger partial charge in [-0.3, -0.25) is 0 Å². The minimum Gasteiger partial charge on any atom is -0.456 e. The lowest BCUT2D eigenvalue weighted by molar-refractivity contribution is -0.0893. The quantitative estimate of drug-likeness (QED) is 0.239. The Bertz CT molecular complexity index is 2040. The lowest BCUT2D eigenvalue weighted by atomic mass is 9.82. The molecule has 0 aliphatic carbocycles. The molecule has 0 saturated carbocycles. The number of furan rings is 2. The van der Waals surface area contributed by atoms with E-state index in [0.717, 1.165) is 60.5 Å². The van der Waals surface area contributed by atoms with Crippen molar-refractivity contribution in [3.63, 3.8) is 0 Å². The zero-order valence-electron chi connectivity index (χ0n) is 22.5. The molecular weight excluding hydrogens is 483 g/mol. The topological polar surface area (TPSA) is 55.7 Å². The summed E-state index contributed by atoms with van der Waals surface area (Å²) in [6.45, 7) is 7.34. The van der Waals surface area contributed by atoms with Crippen molar-refractivity contribution in [2.24, 2.45) is 0 Å². The lowest BCUT2D eigenvalue weighted by Crippen LogP contribution is -2.49. The number of hydrogen-bond donors (Lipinski definition) is 1. The summed E-state index contributed by atoms with van der Waals surface area (Å²) in [4.78, 5) is 0. The molecule has 0 fully saturated rings. The highest BCUT2D eigenvalue weighted by Gasteiger charge is 2.35. The first kappa shape index (κ1) is 24.0. The molecule has 2 aromatic heterocycles. The fourth-order valence-corrected chi connectivity index (χ4v) is 5.17. The van der Waals surface area contributed by atoms with Crippen molar-refractivity contribution >= 4 is 67.6 Å². The first-order valence-electron chi connectivity index (χ1n) is 13.3. The minimum atomic E-state index is -0.952. The van der Waals surface area contributed by atoms with Crippen LogP contribution < -0.4 is 5.46 Å². The van der Waals surface area contributed by atoms with Gasteiger partial charge in [0, 0.05) is 21.5 Å². The highest BCUT2D eigenvalue weighted by molar-refractivity contribution is 6.47. The Balaban J connectivity index is 1.25. The molecule has 2 heterocycles. The number of aliphatic hydroxyl groups is 1. The van der Waals surface area contributed by atoms with Crippen LogP contribution in [0.4, 0.5) is 0 Å². The zero-order valence-corrected chi connectivity index (χ0v) is 22.5. The summed E-state index contributed by atoms with van der Waals surface area (Å²) in [5.74, 6) is 0. The second-order valence-corrected chi connectivity index (χ2v) is 11.5. The van der Waals surface area contributed by atoms with Crippen molar-refractivity contribution in [3.05, 3.63) is 91.0 Å². The molecule has 0 bridgehead atoms. The van der Waals surface area contributed by atoms with Gasteiger partial charge < -0.3 is 18.6 Å². The second-order valence-electron chi connectivity index (χ2n) is 11.5. The second kappa shape index (κ2) is 8.47. The fraction of sp³-hybridized carbons (Fsp3) is 0.176. The van der Waals surface area contributed by atoms with Crippen LogP contribution in [0.25, 0.3) is 65.8 Å². The molecule has 192 valence electrons. The predicted molar refractivity (Wildman–Crippen MR) is 162 cm³/mol. The van der Waals surface area contributed by atoms with Crippen LogP contribution in [-0.4, -0.2) is 23.8 Å². The van der Waals surface area contributed by atoms with Crippen molar-refractivity contribution in [1.82, 2.24) is 0 Å². The van der Waals surface area contributed by atoms with Gasteiger partial charge >= 0.3 is 7.48 Å². The van der Waals surface area contributed by atoms with Crippen LogP contribution in [-0.2, 0) is 4.65 Å². The summed E-state index contributed by atoms with van der Waals surface area (Å²) in [6.07, 6.45) is 0. The van der Waals surface area contributed by atoms with E-state index in [4.69, 9.17) is 13.5 Å². The fourth-order valence-electron chi connectivity index (χ4n) is 5.17. The van der Waals surface area contributed by atoms with E-state index >= 15 is 0 Å². The maximum Gasteiger partial charge on any atom is 0.309 e. The van der Waals surface area contributed by atoms with E-state index in [-0.39, 0.29) is 0 Å². The van der Waals surface area contributed by atoms with Crippen LogP contribution in [0, 0.1) is 0 Å². The third-order valence-corrected chi connectivity index (χ3v) is 8.28. The van der Waals surface area contributed by atoms with E-state index in [1.54, 1.807) is 13.8 Å². The highest BCUT2D eigenvalue weighted by Crippen LogP contribution is 2.37. The Labute approximate surface area is 227 Å². The molecule has 1 N–H and O–H groups in total. The molecule has 0 radical (unpaired) electrons. The van der Waals surface area contributed by atoms with Crippen LogP contribution >= 0.6 is 0 Å². The average Bonchev–Trinajstić information content (AvgIpc) is 3.46. The third kappa shape index (κ3) is 4.01. The summed E-state index contributed by atoms with van der Waals surface area (Å²) in [7, 11) is 0.392. The number of fused-ring (bicyclic) bond motifs is 7. The molecule has 4 nitrogen and oxygen atoms in total. The van der Waals surface area contributed by atoms with Gasteiger partial charge in [-0.05, 0) is 97.5 Å². The maximum absolute atomic E-state index is 10.4. The average molecular weight is 512 g/mol.